The number of carbonyl (C=O) groups is 1. The Labute approximate surface area is 119 Å². The molecule has 0 radical (unpaired) electrons. The first-order valence-electron chi connectivity index (χ1n) is 6.19. The Morgan fingerprint density at radius 3 is 2.37 bits per heavy atom. The molecule has 1 aromatic carbocycles. The fourth-order valence-corrected chi connectivity index (χ4v) is 2.36. The molecule has 106 valence electrons. The van der Waals surface area contributed by atoms with E-state index in [-0.39, 0.29) is 5.78 Å². The van der Waals surface area contributed by atoms with Gasteiger partial charge >= 0.3 is 0 Å². The van der Waals surface area contributed by atoms with Gasteiger partial charge in [-0.15, -0.1) is 11.6 Å². The van der Waals surface area contributed by atoms with Gasteiger partial charge in [-0.2, -0.15) is 0 Å². The van der Waals surface area contributed by atoms with E-state index in [9.17, 15) is 4.79 Å². The van der Waals surface area contributed by atoms with Crippen molar-refractivity contribution >= 4 is 17.4 Å². The van der Waals surface area contributed by atoms with Gasteiger partial charge in [-0.3, -0.25) is 4.79 Å². The molecule has 4 heteroatoms. The van der Waals surface area contributed by atoms with Crippen molar-refractivity contribution in [2.75, 3.05) is 14.2 Å². The average Bonchev–Trinajstić information content (AvgIpc) is 2.36. The molecule has 3 nitrogen and oxygen atoms in total. The Bertz CT molecular complexity index is 449. The molecule has 0 amide bonds. The van der Waals surface area contributed by atoms with E-state index < -0.39 is 10.8 Å². The van der Waals surface area contributed by atoms with Crippen molar-refractivity contribution in [1.82, 2.24) is 0 Å². The van der Waals surface area contributed by atoms with E-state index in [1.54, 1.807) is 14.2 Å². The molecule has 19 heavy (non-hydrogen) atoms. The van der Waals surface area contributed by atoms with Gasteiger partial charge in [0.2, 0.25) is 0 Å². The summed E-state index contributed by atoms with van der Waals surface area (Å²) in [6.45, 7) is 5.61. The SMILES string of the molecule is COc1cccc(CC(Cl)C(=O)C(C)(C)C)c1OC. The van der Waals surface area contributed by atoms with Crippen molar-refractivity contribution in [2.45, 2.75) is 32.6 Å². The Balaban J connectivity index is 2.97. The number of halogens is 1. The van der Waals surface area contributed by atoms with Crippen LogP contribution in [0.3, 0.4) is 0 Å². The van der Waals surface area contributed by atoms with E-state index in [1.807, 2.05) is 39.0 Å². The van der Waals surface area contributed by atoms with Crippen LogP contribution >= 0.6 is 11.6 Å². The number of Topliss-reactive ketones (excluding diaryl/α,β-unsaturated/α-hetero) is 1. The van der Waals surface area contributed by atoms with Crippen LogP contribution in [-0.4, -0.2) is 25.4 Å². The topological polar surface area (TPSA) is 35.5 Å². The minimum absolute atomic E-state index is 0.0269. The molecule has 0 aliphatic rings. The van der Waals surface area contributed by atoms with Crippen molar-refractivity contribution in [3.05, 3.63) is 23.8 Å². The van der Waals surface area contributed by atoms with Crippen molar-refractivity contribution in [3.63, 3.8) is 0 Å². The highest BCUT2D eigenvalue weighted by molar-refractivity contribution is 6.31. The number of rotatable bonds is 5. The molecule has 1 rings (SSSR count). The third-order valence-corrected chi connectivity index (χ3v) is 3.26. The van der Waals surface area contributed by atoms with Gasteiger partial charge < -0.3 is 9.47 Å². The van der Waals surface area contributed by atoms with Crippen LogP contribution in [0.25, 0.3) is 0 Å². The Kier molecular flexibility index (Phi) is 5.24. The highest BCUT2D eigenvalue weighted by atomic mass is 35.5. The summed E-state index contributed by atoms with van der Waals surface area (Å²) in [5.41, 5.74) is 0.429. The molecular weight excluding hydrogens is 264 g/mol. The number of hydrogen-bond acceptors (Lipinski definition) is 3. The molecule has 0 bridgehead atoms. The van der Waals surface area contributed by atoms with Crippen molar-refractivity contribution < 1.29 is 14.3 Å². The second-order valence-electron chi connectivity index (χ2n) is 5.44. The third-order valence-electron chi connectivity index (χ3n) is 2.91. The molecule has 0 aromatic heterocycles. The number of ether oxygens (including phenoxy) is 2. The standard InChI is InChI=1S/C15H21ClO3/c1-15(2,3)14(17)11(16)9-10-7-6-8-12(18-4)13(10)19-5/h6-8,11H,9H2,1-5H3. The van der Waals surface area contributed by atoms with Gasteiger partial charge in [0.1, 0.15) is 0 Å². The molecule has 1 aromatic rings. The highest BCUT2D eigenvalue weighted by Gasteiger charge is 2.29. The van der Waals surface area contributed by atoms with Crippen molar-refractivity contribution in [3.8, 4) is 11.5 Å². The number of methoxy groups -OCH3 is 2. The second-order valence-corrected chi connectivity index (χ2v) is 5.97. The monoisotopic (exact) mass is 284 g/mol. The van der Waals surface area contributed by atoms with E-state index in [2.05, 4.69) is 0 Å². The molecule has 0 heterocycles. The maximum absolute atomic E-state index is 12.1. The second kappa shape index (κ2) is 6.29. The fraction of sp³-hybridized carbons (Fsp3) is 0.533. The quantitative estimate of drug-likeness (QED) is 0.777. The van der Waals surface area contributed by atoms with Crippen LogP contribution in [0.1, 0.15) is 26.3 Å². The minimum Gasteiger partial charge on any atom is -0.493 e. The maximum atomic E-state index is 12.1. The maximum Gasteiger partial charge on any atom is 0.163 e. The summed E-state index contributed by atoms with van der Waals surface area (Å²) in [6.07, 6.45) is 0.429. The first-order valence-corrected chi connectivity index (χ1v) is 6.63. The molecule has 1 atom stereocenters. The highest BCUT2D eigenvalue weighted by Crippen LogP contribution is 2.33. The molecule has 0 spiro atoms. The Morgan fingerprint density at radius 1 is 1.26 bits per heavy atom. The Morgan fingerprint density at radius 2 is 1.89 bits per heavy atom. The zero-order valence-corrected chi connectivity index (χ0v) is 12.9. The van der Waals surface area contributed by atoms with Crippen LogP contribution in [0.15, 0.2) is 18.2 Å². The van der Waals surface area contributed by atoms with Crippen LogP contribution in [0.5, 0.6) is 11.5 Å². The van der Waals surface area contributed by atoms with E-state index in [0.717, 1.165) is 5.56 Å². The van der Waals surface area contributed by atoms with Gasteiger partial charge in [0.05, 0.1) is 19.6 Å². The molecule has 0 N–H and O–H groups in total. The lowest BCUT2D eigenvalue weighted by Gasteiger charge is -2.21. The van der Waals surface area contributed by atoms with Crippen LogP contribution < -0.4 is 9.47 Å². The number of hydrogen-bond donors (Lipinski definition) is 0. The van der Waals surface area contributed by atoms with Crippen molar-refractivity contribution in [2.24, 2.45) is 5.41 Å². The van der Waals surface area contributed by atoms with Gasteiger partial charge in [-0.25, -0.2) is 0 Å². The van der Waals surface area contributed by atoms with E-state index in [0.29, 0.717) is 17.9 Å². The predicted octanol–water partition coefficient (Wildman–Crippen LogP) is 3.47. The lowest BCUT2D eigenvalue weighted by molar-refractivity contribution is -0.125. The average molecular weight is 285 g/mol. The first kappa shape index (κ1) is 15.8. The van der Waals surface area contributed by atoms with Crippen LogP contribution in [0.2, 0.25) is 0 Å². The zero-order chi connectivity index (χ0) is 14.6. The minimum atomic E-state index is -0.569. The zero-order valence-electron chi connectivity index (χ0n) is 12.1. The predicted molar refractivity (Wildman–Crippen MR) is 77.4 cm³/mol. The van der Waals surface area contributed by atoms with Crippen molar-refractivity contribution in [1.29, 1.82) is 0 Å². The molecule has 0 fully saturated rings. The molecule has 0 saturated carbocycles. The summed E-state index contributed by atoms with van der Waals surface area (Å²) in [7, 11) is 3.16. The van der Waals surface area contributed by atoms with Gasteiger partial charge in [0.15, 0.2) is 17.3 Å². The lowest BCUT2D eigenvalue weighted by atomic mass is 9.87. The summed E-state index contributed by atoms with van der Waals surface area (Å²) < 4.78 is 10.6. The summed E-state index contributed by atoms with van der Waals surface area (Å²) in [4.78, 5) is 12.1. The molecule has 1 unspecified atom stereocenters. The lowest BCUT2D eigenvalue weighted by Crippen LogP contribution is -2.30. The smallest absolute Gasteiger partial charge is 0.163 e. The fourth-order valence-electron chi connectivity index (χ4n) is 1.87. The van der Waals surface area contributed by atoms with Crippen LogP contribution in [-0.2, 0) is 11.2 Å². The van der Waals surface area contributed by atoms with Gasteiger partial charge in [-0.05, 0) is 18.1 Å². The van der Waals surface area contributed by atoms with E-state index >= 15 is 0 Å². The third kappa shape index (κ3) is 3.87. The normalized spacial score (nSPS) is 12.9. The number of alkyl halides is 1. The molecular formula is C15H21ClO3. The number of ketones is 1. The summed E-state index contributed by atoms with van der Waals surface area (Å²) in [5, 5.41) is -0.569. The summed E-state index contributed by atoms with van der Waals surface area (Å²) >= 11 is 6.23. The number of para-hydroxylation sites is 1. The first-order chi connectivity index (χ1) is 8.81. The van der Waals surface area contributed by atoms with Crippen LogP contribution in [0, 0.1) is 5.41 Å². The number of carbonyl (C=O) groups excluding carboxylic acids is 1. The Hall–Kier alpha value is -1.22. The van der Waals surface area contributed by atoms with E-state index in [1.165, 1.54) is 0 Å². The van der Waals surface area contributed by atoms with Gasteiger partial charge in [0, 0.05) is 5.41 Å². The van der Waals surface area contributed by atoms with Gasteiger partial charge in [-0.1, -0.05) is 32.9 Å². The molecule has 0 aliphatic carbocycles. The summed E-state index contributed by atoms with van der Waals surface area (Å²) in [5.74, 6) is 1.31. The molecule has 0 saturated heterocycles. The summed E-state index contributed by atoms with van der Waals surface area (Å²) in [6, 6.07) is 5.58. The largest absolute Gasteiger partial charge is 0.493 e. The van der Waals surface area contributed by atoms with E-state index in [4.69, 9.17) is 21.1 Å². The van der Waals surface area contributed by atoms with Gasteiger partial charge in [0.25, 0.3) is 0 Å². The number of benzene rings is 1. The van der Waals surface area contributed by atoms with Crippen LogP contribution in [0.4, 0.5) is 0 Å². The molecule has 0 aliphatic heterocycles.